The van der Waals surface area contributed by atoms with E-state index in [-0.39, 0.29) is 0 Å². The fraction of sp³-hybridized carbons (Fsp3) is 0.588. The molecule has 2 aliphatic rings. The Balaban J connectivity index is 1.76. The first-order valence-electron chi connectivity index (χ1n) is 7.85. The number of benzene rings is 1. The van der Waals surface area contributed by atoms with Gasteiger partial charge >= 0.3 is 0 Å². The number of carbonyl (C=O) groups excluding carboxylic acids is 1. The van der Waals surface area contributed by atoms with E-state index in [2.05, 4.69) is 30.4 Å². The van der Waals surface area contributed by atoms with Crippen molar-refractivity contribution in [2.75, 3.05) is 24.5 Å². The monoisotopic (exact) mass is 272 g/mol. The van der Waals surface area contributed by atoms with Gasteiger partial charge in [-0.05, 0) is 62.7 Å². The third-order valence-corrected chi connectivity index (χ3v) is 4.58. The lowest BCUT2D eigenvalue weighted by Crippen LogP contribution is -2.39. The number of amides is 1. The van der Waals surface area contributed by atoms with Crippen molar-refractivity contribution in [3.05, 3.63) is 29.3 Å². The number of para-hydroxylation sites is 1. The van der Waals surface area contributed by atoms with Gasteiger partial charge in [-0.1, -0.05) is 18.2 Å². The van der Waals surface area contributed by atoms with E-state index >= 15 is 0 Å². The van der Waals surface area contributed by atoms with Crippen LogP contribution in [0.15, 0.2) is 18.2 Å². The topological polar surface area (TPSA) is 32.3 Å². The Kier molecular flexibility index (Phi) is 4.06. The highest BCUT2D eigenvalue weighted by Crippen LogP contribution is 2.31. The summed E-state index contributed by atoms with van der Waals surface area (Å²) in [4.78, 5) is 14.7. The highest BCUT2D eigenvalue weighted by Gasteiger charge is 2.26. The van der Waals surface area contributed by atoms with Gasteiger partial charge in [-0.2, -0.15) is 0 Å². The van der Waals surface area contributed by atoms with Crippen LogP contribution in [-0.2, 0) is 11.2 Å². The summed E-state index contributed by atoms with van der Waals surface area (Å²) in [6.07, 6.45) is 5.28. The van der Waals surface area contributed by atoms with Gasteiger partial charge in [-0.15, -0.1) is 0 Å². The molecule has 0 saturated carbocycles. The molecule has 3 nitrogen and oxygen atoms in total. The first-order valence-corrected chi connectivity index (χ1v) is 7.85. The number of hydrogen-bond donors (Lipinski definition) is 1. The molecule has 20 heavy (non-hydrogen) atoms. The van der Waals surface area contributed by atoms with Crippen LogP contribution in [-0.4, -0.2) is 25.5 Å². The fourth-order valence-electron chi connectivity index (χ4n) is 3.55. The Morgan fingerprint density at radius 3 is 3.10 bits per heavy atom. The molecule has 3 heteroatoms. The molecule has 0 radical (unpaired) electrons. The van der Waals surface area contributed by atoms with Crippen LogP contribution in [0.4, 0.5) is 5.69 Å². The smallest absolute Gasteiger partial charge is 0.227 e. The maximum absolute atomic E-state index is 12.7. The van der Waals surface area contributed by atoms with E-state index in [1.54, 1.807) is 0 Å². The molecule has 1 atom stereocenters. The molecule has 108 valence electrons. The molecule has 1 aromatic rings. The highest BCUT2D eigenvalue weighted by molar-refractivity contribution is 5.95. The van der Waals surface area contributed by atoms with E-state index in [0.717, 1.165) is 32.5 Å². The van der Waals surface area contributed by atoms with E-state index in [1.807, 2.05) is 4.90 Å². The van der Waals surface area contributed by atoms with Crippen molar-refractivity contribution in [1.82, 2.24) is 5.32 Å². The number of piperidine rings is 1. The Bertz CT molecular complexity index is 492. The van der Waals surface area contributed by atoms with Crippen LogP contribution < -0.4 is 10.2 Å². The highest BCUT2D eigenvalue weighted by atomic mass is 16.2. The lowest BCUT2D eigenvalue weighted by atomic mass is 9.93. The van der Waals surface area contributed by atoms with Crippen molar-refractivity contribution in [3.8, 4) is 0 Å². The Hall–Kier alpha value is -1.35. The standard InChI is InChI=1S/C17H24N2O/c1-13-5-2-7-15-8-4-10-19(17(13)15)16(20)11-14-6-3-9-18-12-14/h2,5,7,14,18H,3-4,6,8-12H2,1H3. The molecule has 0 bridgehead atoms. The van der Waals surface area contributed by atoms with Gasteiger partial charge in [0.2, 0.25) is 5.91 Å². The fourth-order valence-corrected chi connectivity index (χ4v) is 3.55. The number of carbonyl (C=O) groups is 1. The summed E-state index contributed by atoms with van der Waals surface area (Å²) in [6, 6.07) is 6.39. The number of anilines is 1. The number of aryl methyl sites for hydroxylation is 2. The van der Waals surface area contributed by atoms with Gasteiger partial charge in [-0.25, -0.2) is 0 Å². The molecular weight excluding hydrogens is 248 g/mol. The predicted octanol–water partition coefficient (Wildman–Crippen LogP) is 2.66. The number of nitrogens with one attached hydrogen (secondary N) is 1. The summed E-state index contributed by atoms with van der Waals surface area (Å²) in [5.74, 6) is 0.833. The van der Waals surface area contributed by atoms with Crippen molar-refractivity contribution < 1.29 is 4.79 Å². The van der Waals surface area contributed by atoms with Gasteiger partial charge < -0.3 is 10.2 Å². The number of fused-ring (bicyclic) bond motifs is 1. The number of hydrogen-bond acceptors (Lipinski definition) is 2. The maximum atomic E-state index is 12.7. The molecule has 0 aliphatic carbocycles. The third-order valence-electron chi connectivity index (χ3n) is 4.58. The molecule has 2 heterocycles. The first kappa shape index (κ1) is 13.6. The average Bonchev–Trinajstić information content (AvgIpc) is 2.48. The molecule has 1 N–H and O–H groups in total. The van der Waals surface area contributed by atoms with Crippen molar-refractivity contribution in [1.29, 1.82) is 0 Å². The third kappa shape index (κ3) is 2.73. The lowest BCUT2D eigenvalue weighted by molar-refractivity contribution is -0.119. The molecule has 2 aliphatic heterocycles. The largest absolute Gasteiger partial charge is 0.316 e. The summed E-state index contributed by atoms with van der Waals surface area (Å²) < 4.78 is 0. The van der Waals surface area contributed by atoms with Crippen LogP contribution in [0.3, 0.4) is 0 Å². The first-order chi connectivity index (χ1) is 9.75. The van der Waals surface area contributed by atoms with Crippen molar-refractivity contribution in [3.63, 3.8) is 0 Å². The van der Waals surface area contributed by atoms with E-state index in [1.165, 1.54) is 29.7 Å². The van der Waals surface area contributed by atoms with Gasteiger partial charge in [0.1, 0.15) is 0 Å². The van der Waals surface area contributed by atoms with Crippen LogP contribution in [0.2, 0.25) is 0 Å². The summed E-state index contributed by atoms with van der Waals surface area (Å²) in [7, 11) is 0. The van der Waals surface area contributed by atoms with Crippen LogP contribution in [0.25, 0.3) is 0 Å². The quantitative estimate of drug-likeness (QED) is 0.897. The maximum Gasteiger partial charge on any atom is 0.227 e. The number of nitrogens with zero attached hydrogens (tertiary/aromatic N) is 1. The van der Waals surface area contributed by atoms with E-state index in [9.17, 15) is 4.79 Å². The molecule has 1 aromatic carbocycles. The van der Waals surface area contributed by atoms with E-state index in [4.69, 9.17) is 0 Å². The second-order valence-corrected chi connectivity index (χ2v) is 6.15. The molecule has 1 fully saturated rings. The zero-order valence-electron chi connectivity index (χ0n) is 12.3. The normalized spacial score (nSPS) is 22.4. The molecule has 0 aromatic heterocycles. The van der Waals surface area contributed by atoms with E-state index < -0.39 is 0 Å². The minimum Gasteiger partial charge on any atom is -0.316 e. The summed E-state index contributed by atoms with van der Waals surface area (Å²) in [5, 5.41) is 3.40. The predicted molar refractivity (Wildman–Crippen MR) is 82.1 cm³/mol. The van der Waals surface area contributed by atoms with Gasteiger partial charge in [0.15, 0.2) is 0 Å². The minimum atomic E-state index is 0.314. The summed E-state index contributed by atoms with van der Waals surface area (Å²) in [6.45, 7) is 5.11. The molecule has 0 spiro atoms. The van der Waals surface area contributed by atoms with Crippen LogP contribution >= 0.6 is 0 Å². The SMILES string of the molecule is Cc1cccc2c1N(C(=O)CC1CCCNC1)CCC2. The van der Waals surface area contributed by atoms with Crippen molar-refractivity contribution in [2.24, 2.45) is 5.92 Å². The van der Waals surface area contributed by atoms with Crippen LogP contribution in [0, 0.1) is 12.8 Å². The Morgan fingerprint density at radius 2 is 2.30 bits per heavy atom. The summed E-state index contributed by atoms with van der Waals surface area (Å²) >= 11 is 0. The zero-order valence-corrected chi connectivity index (χ0v) is 12.3. The second kappa shape index (κ2) is 5.96. The van der Waals surface area contributed by atoms with Gasteiger partial charge in [-0.3, -0.25) is 4.79 Å². The van der Waals surface area contributed by atoms with Crippen LogP contribution in [0.1, 0.15) is 36.8 Å². The van der Waals surface area contributed by atoms with Crippen molar-refractivity contribution >= 4 is 11.6 Å². The summed E-state index contributed by atoms with van der Waals surface area (Å²) in [5.41, 5.74) is 3.76. The molecule has 1 amide bonds. The lowest BCUT2D eigenvalue weighted by Gasteiger charge is -2.33. The van der Waals surface area contributed by atoms with Crippen LogP contribution in [0.5, 0.6) is 0 Å². The van der Waals surface area contributed by atoms with Gasteiger partial charge in [0.25, 0.3) is 0 Å². The van der Waals surface area contributed by atoms with E-state index in [0.29, 0.717) is 18.2 Å². The zero-order chi connectivity index (χ0) is 13.9. The second-order valence-electron chi connectivity index (χ2n) is 6.15. The van der Waals surface area contributed by atoms with Gasteiger partial charge in [0, 0.05) is 18.7 Å². The minimum absolute atomic E-state index is 0.314. The number of rotatable bonds is 2. The molecule has 3 rings (SSSR count). The molecule has 1 unspecified atom stereocenters. The van der Waals surface area contributed by atoms with Gasteiger partial charge in [0.05, 0.1) is 0 Å². The Labute approximate surface area is 121 Å². The average molecular weight is 272 g/mol. The molecule has 1 saturated heterocycles. The van der Waals surface area contributed by atoms with Crippen molar-refractivity contribution in [2.45, 2.75) is 39.0 Å². The molecular formula is C17H24N2O. The Morgan fingerprint density at radius 1 is 1.40 bits per heavy atom.